The zero-order valence-electron chi connectivity index (χ0n) is 9.33. The van der Waals surface area contributed by atoms with E-state index in [0.717, 1.165) is 48.8 Å². The largest absolute Gasteiger partial charge is 0.177 e. The Kier molecular flexibility index (Phi) is 4.88. The Balaban J connectivity index is 1.44. The van der Waals surface area contributed by atoms with Gasteiger partial charge < -0.3 is 0 Å². The lowest BCUT2D eigenvalue weighted by Gasteiger charge is -1.98. The fourth-order valence-corrected chi connectivity index (χ4v) is 2.24. The zero-order chi connectivity index (χ0) is 11.8. The second-order valence-electron chi connectivity index (χ2n) is 3.48. The number of thioether (sulfide) groups is 1. The lowest BCUT2D eigenvalue weighted by Crippen LogP contribution is -1.94. The Morgan fingerprint density at radius 1 is 0.824 bits per heavy atom. The summed E-state index contributed by atoms with van der Waals surface area (Å²) >= 11 is 1.92. The average molecular weight is 254 g/mol. The van der Waals surface area contributed by atoms with E-state index in [0.29, 0.717) is 0 Å². The molecule has 0 aliphatic rings. The van der Waals surface area contributed by atoms with Gasteiger partial charge in [0.05, 0.1) is 0 Å². The highest BCUT2D eigenvalue weighted by Gasteiger charge is 1.99. The second-order valence-corrected chi connectivity index (χ2v) is 4.70. The quantitative estimate of drug-likeness (QED) is 0.639. The summed E-state index contributed by atoms with van der Waals surface area (Å²) in [5, 5.41) is 27.5. The number of nitrogens with one attached hydrogen (secondary N) is 2. The highest BCUT2D eigenvalue weighted by molar-refractivity contribution is 7.99. The van der Waals surface area contributed by atoms with Gasteiger partial charge in [0, 0.05) is 12.8 Å². The van der Waals surface area contributed by atoms with Gasteiger partial charge in [-0.05, 0) is 24.3 Å². The molecule has 2 aromatic heterocycles. The average Bonchev–Trinajstić information content (AvgIpc) is 3.00. The normalized spacial score (nSPS) is 10.8. The molecule has 2 heterocycles. The van der Waals surface area contributed by atoms with E-state index in [1.807, 2.05) is 11.8 Å². The van der Waals surface area contributed by atoms with Crippen molar-refractivity contribution in [2.24, 2.45) is 0 Å². The van der Waals surface area contributed by atoms with Gasteiger partial charge in [-0.3, -0.25) is 0 Å². The third-order valence-electron chi connectivity index (χ3n) is 2.16. The van der Waals surface area contributed by atoms with Gasteiger partial charge in [0.1, 0.15) is 0 Å². The van der Waals surface area contributed by atoms with Crippen molar-refractivity contribution in [3.8, 4) is 0 Å². The Morgan fingerprint density at radius 3 is 1.76 bits per heavy atom. The van der Waals surface area contributed by atoms with Crippen LogP contribution in [0.5, 0.6) is 0 Å². The minimum absolute atomic E-state index is 0.789. The van der Waals surface area contributed by atoms with Crippen molar-refractivity contribution in [3.05, 3.63) is 11.6 Å². The summed E-state index contributed by atoms with van der Waals surface area (Å²) < 4.78 is 0. The van der Waals surface area contributed by atoms with E-state index >= 15 is 0 Å². The van der Waals surface area contributed by atoms with Crippen LogP contribution in [0.15, 0.2) is 0 Å². The molecule has 8 nitrogen and oxygen atoms in total. The van der Waals surface area contributed by atoms with E-state index in [-0.39, 0.29) is 0 Å². The van der Waals surface area contributed by atoms with E-state index in [2.05, 4.69) is 41.2 Å². The predicted octanol–water partition coefficient (Wildman–Crippen LogP) is 0.0114. The fraction of sp³-hybridized carbons (Fsp3) is 0.750. The van der Waals surface area contributed by atoms with Crippen LogP contribution in [0.4, 0.5) is 0 Å². The van der Waals surface area contributed by atoms with E-state index < -0.39 is 0 Å². The minimum Gasteiger partial charge on any atom is -0.177 e. The number of hydrogen-bond acceptors (Lipinski definition) is 7. The van der Waals surface area contributed by atoms with Gasteiger partial charge in [-0.2, -0.15) is 22.2 Å². The summed E-state index contributed by atoms with van der Waals surface area (Å²) in [6.07, 6.45) is 3.92. The van der Waals surface area contributed by atoms with Gasteiger partial charge in [0.25, 0.3) is 0 Å². The molecule has 0 radical (unpaired) electrons. The van der Waals surface area contributed by atoms with Gasteiger partial charge in [0.15, 0.2) is 11.6 Å². The predicted molar refractivity (Wildman–Crippen MR) is 62.3 cm³/mol. The van der Waals surface area contributed by atoms with Crippen molar-refractivity contribution < 1.29 is 0 Å². The van der Waals surface area contributed by atoms with Crippen LogP contribution < -0.4 is 0 Å². The summed E-state index contributed by atoms with van der Waals surface area (Å²) in [5.41, 5.74) is 0. The van der Waals surface area contributed by atoms with Crippen molar-refractivity contribution >= 4 is 11.8 Å². The van der Waals surface area contributed by atoms with Crippen LogP contribution in [-0.2, 0) is 12.8 Å². The second kappa shape index (κ2) is 6.94. The maximum atomic E-state index is 3.90. The van der Waals surface area contributed by atoms with E-state index in [1.54, 1.807) is 0 Å². The van der Waals surface area contributed by atoms with Gasteiger partial charge >= 0.3 is 0 Å². The Hall–Kier alpha value is -1.51. The Labute approximate surface area is 102 Å². The van der Waals surface area contributed by atoms with E-state index in [4.69, 9.17) is 0 Å². The van der Waals surface area contributed by atoms with Crippen molar-refractivity contribution in [3.63, 3.8) is 0 Å². The third-order valence-corrected chi connectivity index (χ3v) is 3.31. The first-order chi connectivity index (χ1) is 8.45. The summed E-state index contributed by atoms with van der Waals surface area (Å²) in [7, 11) is 0. The lowest BCUT2D eigenvalue weighted by atomic mass is 10.3. The minimum atomic E-state index is 0.789. The molecule has 0 atom stereocenters. The van der Waals surface area contributed by atoms with Crippen LogP contribution in [0.25, 0.3) is 0 Å². The van der Waals surface area contributed by atoms with E-state index in [9.17, 15) is 0 Å². The van der Waals surface area contributed by atoms with Crippen LogP contribution in [0.2, 0.25) is 0 Å². The Morgan fingerprint density at radius 2 is 1.35 bits per heavy atom. The topological polar surface area (TPSA) is 109 Å². The van der Waals surface area contributed by atoms with Crippen molar-refractivity contribution in [1.29, 1.82) is 0 Å². The molecule has 9 heteroatoms. The first kappa shape index (κ1) is 12.0. The number of rotatable bonds is 8. The molecule has 0 aliphatic carbocycles. The number of nitrogens with zero attached hydrogens (tertiary/aromatic N) is 6. The van der Waals surface area contributed by atoms with Crippen LogP contribution in [0.1, 0.15) is 24.5 Å². The smallest absolute Gasteiger partial charge is 0.174 e. The monoisotopic (exact) mass is 254 g/mol. The number of aromatic nitrogens is 8. The van der Waals surface area contributed by atoms with Gasteiger partial charge in [-0.15, -0.1) is 20.4 Å². The molecule has 17 heavy (non-hydrogen) atoms. The van der Waals surface area contributed by atoms with E-state index in [1.165, 1.54) is 0 Å². The molecular formula is C8H14N8S. The highest BCUT2D eigenvalue weighted by atomic mass is 32.2. The number of hydrogen-bond donors (Lipinski definition) is 2. The summed E-state index contributed by atoms with van der Waals surface area (Å²) in [5.74, 6) is 3.80. The molecule has 2 N–H and O–H groups in total. The molecule has 0 fully saturated rings. The maximum absolute atomic E-state index is 3.90. The fourth-order valence-electron chi connectivity index (χ4n) is 1.34. The summed E-state index contributed by atoms with van der Waals surface area (Å²) in [6.45, 7) is 0. The number of H-pyrrole nitrogens is 2. The molecule has 92 valence electrons. The molecule has 0 aromatic carbocycles. The molecule has 2 aromatic rings. The molecule has 0 bridgehead atoms. The van der Waals surface area contributed by atoms with Gasteiger partial charge in [-0.1, -0.05) is 10.4 Å². The molecule has 0 saturated heterocycles. The first-order valence-corrected chi connectivity index (χ1v) is 6.63. The van der Waals surface area contributed by atoms with Crippen LogP contribution in [0.3, 0.4) is 0 Å². The third kappa shape index (κ3) is 4.47. The standard InChI is InChI=1S/C8H14N8S/c1(3-7-9-13-14-10-7)5-17-6-2-4-8-11-15-16-12-8/h1-6H2,(H,9,10,13,14)(H,11,12,15,16). The number of tetrazole rings is 2. The zero-order valence-corrected chi connectivity index (χ0v) is 10.2. The first-order valence-electron chi connectivity index (χ1n) is 5.47. The number of aryl methyl sites for hydroxylation is 2. The van der Waals surface area contributed by atoms with Gasteiger partial charge in [0.2, 0.25) is 0 Å². The molecule has 0 unspecified atom stereocenters. The summed E-state index contributed by atoms with van der Waals surface area (Å²) in [6, 6.07) is 0. The molecule has 0 aliphatic heterocycles. The Bertz CT molecular complexity index is 347. The van der Waals surface area contributed by atoms with Crippen molar-refractivity contribution in [2.45, 2.75) is 25.7 Å². The molecule has 0 amide bonds. The molecule has 0 spiro atoms. The van der Waals surface area contributed by atoms with Crippen LogP contribution in [-0.4, -0.2) is 52.8 Å². The summed E-state index contributed by atoms with van der Waals surface area (Å²) in [4.78, 5) is 0. The molecule has 0 saturated carbocycles. The number of aromatic amines is 2. The molecular weight excluding hydrogens is 240 g/mol. The SMILES string of the molecule is C(CSCCCc1nn[nH]n1)Cc1nn[nH]n1. The maximum Gasteiger partial charge on any atom is 0.174 e. The van der Waals surface area contributed by atoms with Crippen LogP contribution in [0, 0.1) is 0 Å². The van der Waals surface area contributed by atoms with Crippen LogP contribution >= 0.6 is 11.8 Å². The van der Waals surface area contributed by atoms with Gasteiger partial charge in [-0.25, -0.2) is 0 Å². The van der Waals surface area contributed by atoms with Crippen molar-refractivity contribution in [2.75, 3.05) is 11.5 Å². The highest BCUT2D eigenvalue weighted by Crippen LogP contribution is 2.07. The molecule has 2 rings (SSSR count). The van der Waals surface area contributed by atoms with Crippen molar-refractivity contribution in [1.82, 2.24) is 41.2 Å². The lowest BCUT2D eigenvalue weighted by molar-refractivity contribution is 0.835.